The predicted molar refractivity (Wildman–Crippen MR) is 74.0 cm³/mol. The predicted octanol–water partition coefficient (Wildman–Crippen LogP) is 1.26. The molecule has 0 atom stereocenters. The Morgan fingerprint density at radius 3 is 2.89 bits per heavy atom. The minimum Gasteiger partial charge on any atom is -0.330 e. The van der Waals surface area contributed by atoms with Crippen molar-refractivity contribution in [3.8, 4) is 0 Å². The first-order chi connectivity index (χ1) is 9.20. The van der Waals surface area contributed by atoms with Gasteiger partial charge in [0.25, 0.3) is 0 Å². The summed E-state index contributed by atoms with van der Waals surface area (Å²) in [5.74, 6) is 0.964. The fourth-order valence-corrected chi connectivity index (χ4v) is 2.00. The number of imidazole rings is 1. The number of hydrogen-bond acceptors (Lipinski definition) is 4. The maximum absolute atomic E-state index is 4.41. The number of aromatic nitrogens is 5. The van der Waals surface area contributed by atoms with E-state index < -0.39 is 0 Å². The molecule has 19 heavy (non-hydrogen) atoms. The first-order valence-electron chi connectivity index (χ1n) is 6.80. The zero-order chi connectivity index (χ0) is 13.7. The Balaban J connectivity index is 1.97. The van der Waals surface area contributed by atoms with Crippen molar-refractivity contribution in [3.63, 3.8) is 0 Å². The lowest BCUT2D eigenvalue weighted by Gasteiger charge is -2.09. The van der Waals surface area contributed by atoms with Crippen molar-refractivity contribution in [1.29, 1.82) is 0 Å². The number of hydrogen-bond donors (Lipinski definition) is 1. The number of nitrogens with zero attached hydrogens (tertiary/aromatic N) is 5. The van der Waals surface area contributed by atoms with Crippen molar-refractivity contribution in [3.05, 3.63) is 30.4 Å². The molecule has 6 heteroatoms. The van der Waals surface area contributed by atoms with Crippen LogP contribution >= 0.6 is 0 Å². The van der Waals surface area contributed by atoms with Crippen LogP contribution in [0.25, 0.3) is 0 Å². The molecule has 6 nitrogen and oxygen atoms in total. The van der Waals surface area contributed by atoms with E-state index in [9.17, 15) is 0 Å². The molecule has 0 aromatic carbocycles. The maximum Gasteiger partial charge on any atom is 0.147 e. The zero-order valence-electron chi connectivity index (χ0n) is 11.9. The first-order valence-corrected chi connectivity index (χ1v) is 6.80. The quantitative estimate of drug-likeness (QED) is 0.763. The second-order valence-corrected chi connectivity index (χ2v) is 4.86. The molecule has 104 valence electrons. The van der Waals surface area contributed by atoms with Gasteiger partial charge >= 0.3 is 0 Å². The van der Waals surface area contributed by atoms with Gasteiger partial charge in [-0.1, -0.05) is 6.92 Å². The van der Waals surface area contributed by atoms with Gasteiger partial charge in [0, 0.05) is 25.2 Å². The fraction of sp³-hybridized carbons (Fsp3) is 0.615. The first kappa shape index (κ1) is 13.7. The maximum atomic E-state index is 4.41. The Labute approximate surface area is 113 Å². The van der Waals surface area contributed by atoms with Gasteiger partial charge in [0.1, 0.15) is 12.2 Å². The Morgan fingerprint density at radius 2 is 2.16 bits per heavy atom. The van der Waals surface area contributed by atoms with Crippen LogP contribution < -0.4 is 5.32 Å². The van der Waals surface area contributed by atoms with Gasteiger partial charge < -0.3 is 9.88 Å². The van der Waals surface area contributed by atoms with Crippen LogP contribution in [0.4, 0.5) is 0 Å². The highest BCUT2D eigenvalue weighted by Crippen LogP contribution is 2.07. The molecule has 0 unspecified atom stereocenters. The Hall–Kier alpha value is -1.69. The molecule has 0 aliphatic carbocycles. The van der Waals surface area contributed by atoms with E-state index in [1.807, 2.05) is 11.0 Å². The molecular weight excluding hydrogens is 240 g/mol. The van der Waals surface area contributed by atoms with E-state index in [1.165, 1.54) is 0 Å². The van der Waals surface area contributed by atoms with Gasteiger partial charge in [-0.25, -0.2) is 14.6 Å². The van der Waals surface area contributed by atoms with Crippen LogP contribution in [-0.2, 0) is 13.0 Å². The van der Waals surface area contributed by atoms with Gasteiger partial charge in [-0.05, 0) is 20.4 Å². The monoisotopic (exact) mass is 262 g/mol. The summed E-state index contributed by atoms with van der Waals surface area (Å²) in [6.07, 6.45) is 6.51. The van der Waals surface area contributed by atoms with Crippen molar-refractivity contribution in [2.24, 2.45) is 0 Å². The topological polar surface area (TPSA) is 60.6 Å². The standard InChI is InChI=1S/C13H22N6/c1-4-14-6-5-12-7-18(10-16-12)8-13-15-9-17-19(13)11(2)3/h7,9-11,14H,4-6,8H2,1-3H3. The Morgan fingerprint density at radius 1 is 1.32 bits per heavy atom. The number of nitrogens with one attached hydrogen (secondary N) is 1. The highest BCUT2D eigenvalue weighted by atomic mass is 15.4. The van der Waals surface area contributed by atoms with E-state index in [2.05, 4.69) is 51.9 Å². The molecule has 0 amide bonds. The molecule has 0 fully saturated rings. The van der Waals surface area contributed by atoms with Crippen LogP contribution in [0.2, 0.25) is 0 Å². The molecule has 0 aliphatic rings. The molecule has 2 heterocycles. The van der Waals surface area contributed by atoms with Crippen molar-refractivity contribution < 1.29 is 0 Å². The van der Waals surface area contributed by atoms with Gasteiger partial charge in [0.2, 0.25) is 0 Å². The van der Waals surface area contributed by atoms with Crippen LogP contribution in [-0.4, -0.2) is 37.4 Å². The van der Waals surface area contributed by atoms with Crippen LogP contribution in [0, 0.1) is 0 Å². The summed E-state index contributed by atoms with van der Waals surface area (Å²) >= 11 is 0. The van der Waals surface area contributed by atoms with Gasteiger partial charge in [0.05, 0.1) is 18.6 Å². The summed E-state index contributed by atoms with van der Waals surface area (Å²) in [7, 11) is 0. The highest BCUT2D eigenvalue weighted by Gasteiger charge is 2.08. The summed E-state index contributed by atoms with van der Waals surface area (Å²) in [5.41, 5.74) is 1.11. The van der Waals surface area contributed by atoms with Crippen molar-refractivity contribution in [1.82, 2.24) is 29.6 Å². The van der Waals surface area contributed by atoms with Gasteiger partial charge in [-0.2, -0.15) is 5.10 Å². The third-order valence-corrected chi connectivity index (χ3v) is 2.96. The Bertz CT molecular complexity index is 499. The molecule has 2 aromatic heterocycles. The smallest absolute Gasteiger partial charge is 0.147 e. The lowest BCUT2D eigenvalue weighted by Crippen LogP contribution is -2.16. The van der Waals surface area contributed by atoms with Gasteiger partial charge in [-0.15, -0.1) is 0 Å². The van der Waals surface area contributed by atoms with E-state index in [4.69, 9.17) is 0 Å². The summed E-state index contributed by atoms with van der Waals surface area (Å²) in [5, 5.41) is 7.54. The average molecular weight is 262 g/mol. The Kier molecular flexibility index (Phi) is 4.68. The molecule has 0 saturated carbocycles. The molecular formula is C13H22N6. The molecule has 1 N–H and O–H groups in total. The van der Waals surface area contributed by atoms with Gasteiger partial charge in [-0.3, -0.25) is 0 Å². The van der Waals surface area contributed by atoms with Crippen LogP contribution in [0.3, 0.4) is 0 Å². The molecule has 0 bridgehead atoms. The highest BCUT2D eigenvalue weighted by molar-refractivity contribution is 5.00. The second kappa shape index (κ2) is 6.47. The molecule has 2 aromatic rings. The van der Waals surface area contributed by atoms with E-state index >= 15 is 0 Å². The molecule has 0 radical (unpaired) electrons. The van der Waals surface area contributed by atoms with E-state index in [-0.39, 0.29) is 0 Å². The van der Waals surface area contributed by atoms with Crippen molar-refractivity contribution >= 4 is 0 Å². The average Bonchev–Trinajstić information content (AvgIpc) is 2.99. The van der Waals surface area contributed by atoms with Crippen LogP contribution in [0.5, 0.6) is 0 Å². The van der Waals surface area contributed by atoms with Crippen molar-refractivity contribution in [2.75, 3.05) is 13.1 Å². The third-order valence-electron chi connectivity index (χ3n) is 2.96. The largest absolute Gasteiger partial charge is 0.330 e. The summed E-state index contributed by atoms with van der Waals surface area (Å²) in [6, 6.07) is 0.328. The summed E-state index contributed by atoms with van der Waals surface area (Å²) < 4.78 is 4.00. The second-order valence-electron chi connectivity index (χ2n) is 4.86. The normalized spacial score (nSPS) is 11.4. The number of likely N-dealkylation sites (N-methyl/N-ethyl adjacent to an activating group) is 1. The minimum absolute atomic E-state index is 0.328. The van der Waals surface area contributed by atoms with E-state index in [0.29, 0.717) is 12.6 Å². The van der Waals surface area contributed by atoms with Crippen molar-refractivity contribution in [2.45, 2.75) is 39.8 Å². The summed E-state index contributed by atoms with van der Waals surface area (Å²) in [6.45, 7) is 9.00. The summed E-state index contributed by atoms with van der Waals surface area (Å²) in [4.78, 5) is 8.72. The molecule has 0 spiro atoms. The van der Waals surface area contributed by atoms with Gasteiger partial charge in [0.15, 0.2) is 0 Å². The lowest BCUT2D eigenvalue weighted by molar-refractivity contribution is 0.496. The van der Waals surface area contributed by atoms with E-state index in [1.54, 1.807) is 6.33 Å². The minimum atomic E-state index is 0.328. The number of rotatable bonds is 7. The lowest BCUT2D eigenvalue weighted by atomic mass is 10.3. The zero-order valence-corrected chi connectivity index (χ0v) is 11.9. The SMILES string of the molecule is CCNCCc1cn(Cc2ncnn2C(C)C)cn1. The van der Waals surface area contributed by atoms with Crippen LogP contribution in [0.15, 0.2) is 18.9 Å². The van der Waals surface area contributed by atoms with Crippen LogP contribution in [0.1, 0.15) is 38.3 Å². The molecule has 2 rings (SSSR count). The third kappa shape index (κ3) is 3.64. The molecule has 0 aliphatic heterocycles. The fourth-order valence-electron chi connectivity index (χ4n) is 2.00. The molecule has 0 saturated heterocycles. The van der Waals surface area contributed by atoms with E-state index in [0.717, 1.165) is 31.0 Å².